The molecule has 1 aromatic heterocycles. The van der Waals surface area contributed by atoms with Crippen molar-refractivity contribution < 1.29 is 0 Å². The summed E-state index contributed by atoms with van der Waals surface area (Å²) in [7, 11) is 4.15. The first-order chi connectivity index (χ1) is 7.30. The molecule has 92 valence electrons. The van der Waals surface area contributed by atoms with Gasteiger partial charge in [-0.05, 0) is 21.0 Å². The van der Waals surface area contributed by atoms with E-state index in [2.05, 4.69) is 61.4 Å². The van der Waals surface area contributed by atoms with Gasteiger partial charge in [0.05, 0.1) is 0 Å². The molecule has 1 unspecified atom stereocenters. The van der Waals surface area contributed by atoms with Crippen molar-refractivity contribution in [1.82, 2.24) is 14.3 Å². The molecule has 0 spiro atoms. The van der Waals surface area contributed by atoms with Crippen LogP contribution in [0, 0.1) is 0 Å². The number of hydrogen-bond acceptors (Lipinski definition) is 5. The summed E-state index contributed by atoms with van der Waals surface area (Å²) < 4.78 is 4.36. The maximum atomic E-state index is 4.49. The molecule has 0 radical (unpaired) electrons. The van der Waals surface area contributed by atoms with Gasteiger partial charge in [0, 0.05) is 29.5 Å². The van der Waals surface area contributed by atoms with E-state index in [4.69, 9.17) is 0 Å². The van der Waals surface area contributed by atoms with Crippen LogP contribution < -0.4 is 5.32 Å². The van der Waals surface area contributed by atoms with E-state index in [1.54, 1.807) is 0 Å². The van der Waals surface area contributed by atoms with Crippen LogP contribution in [0.25, 0.3) is 0 Å². The number of hydrogen-bond donors (Lipinski definition) is 1. The van der Waals surface area contributed by atoms with Crippen molar-refractivity contribution in [3.05, 3.63) is 5.82 Å². The molecule has 1 N–H and O–H groups in total. The Kier molecular flexibility index (Phi) is 4.27. The summed E-state index contributed by atoms with van der Waals surface area (Å²) in [4.78, 5) is 6.67. The van der Waals surface area contributed by atoms with Gasteiger partial charge in [0.1, 0.15) is 5.82 Å². The highest BCUT2D eigenvalue weighted by atomic mass is 32.1. The Hall–Kier alpha value is -0.680. The fourth-order valence-corrected chi connectivity index (χ4v) is 1.78. The Morgan fingerprint density at radius 3 is 2.44 bits per heavy atom. The Morgan fingerprint density at radius 1 is 1.38 bits per heavy atom. The standard InChI is InChI=1S/C11H22N4S/c1-8(15(5)6)7-12-10-13-9(14-16-10)11(2,3)4/h8H,7H2,1-6H3,(H,12,13,14). The minimum absolute atomic E-state index is 0.0313. The van der Waals surface area contributed by atoms with Gasteiger partial charge in [-0.1, -0.05) is 20.8 Å². The van der Waals surface area contributed by atoms with Crippen LogP contribution in [0.4, 0.5) is 5.13 Å². The van der Waals surface area contributed by atoms with Gasteiger partial charge in [0.25, 0.3) is 0 Å². The van der Waals surface area contributed by atoms with Gasteiger partial charge in [-0.25, -0.2) is 4.98 Å². The lowest BCUT2D eigenvalue weighted by atomic mass is 9.96. The zero-order valence-corrected chi connectivity index (χ0v) is 11.9. The summed E-state index contributed by atoms with van der Waals surface area (Å²) in [5.41, 5.74) is 0.0313. The van der Waals surface area contributed by atoms with Crippen LogP contribution in [-0.2, 0) is 5.41 Å². The third-order valence-corrected chi connectivity index (χ3v) is 3.20. The van der Waals surface area contributed by atoms with Gasteiger partial charge in [0.2, 0.25) is 5.13 Å². The Morgan fingerprint density at radius 2 is 2.00 bits per heavy atom. The smallest absolute Gasteiger partial charge is 0.202 e. The topological polar surface area (TPSA) is 41.1 Å². The second-order valence-corrected chi connectivity index (χ2v) is 6.12. The number of aromatic nitrogens is 2. The van der Waals surface area contributed by atoms with E-state index in [-0.39, 0.29) is 5.41 Å². The normalized spacial score (nSPS) is 14.2. The zero-order valence-electron chi connectivity index (χ0n) is 11.0. The molecule has 0 aliphatic carbocycles. The van der Waals surface area contributed by atoms with E-state index in [9.17, 15) is 0 Å². The molecular formula is C11H22N4S. The lowest BCUT2D eigenvalue weighted by Gasteiger charge is -2.19. The van der Waals surface area contributed by atoms with Crippen LogP contribution in [0.2, 0.25) is 0 Å². The predicted octanol–water partition coefficient (Wildman–Crippen LogP) is 2.20. The predicted molar refractivity (Wildman–Crippen MR) is 70.2 cm³/mol. The van der Waals surface area contributed by atoms with Crippen LogP contribution in [-0.4, -0.2) is 40.9 Å². The van der Waals surface area contributed by atoms with Crippen molar-refractivity contribution in [3.8, 4) is 0 Å². The molecule has 0 amide bonds. The third kappa shape index (κ3) is 3.72. The molecule has 0 aliphatic rings. The van der Waals surface area contributed by atoms with Gasteiger partial charge in [0.15, 0.2) is 0 Å². The lowest BCUT2D eigenvalue weighted by molar-refractivity contribution is 0.326. The van der Waals surface area contributed by atoms with E-state index < -0.39 is 0 Å². The average molecular weight is 242 g/mol. The molecule has 1 atom stereocenters. The Labute approximate surface area is 102 Å². The second-order valence-electron chi connectivity index (χ2n) is 5.37. The quantitative estimate of drug-likeness (QED) is 0.879. The minimum Gasteiger partial charge on any atom is -0.359 e. The molecule has 4 nitrogen and oxygen atoms in total. The molecule has 16 heavy (non-hydrogen) atoms. The molecule has 0 saturated carbocycles. The number of rotatable bonds is 4. The van der Waals surface area contributed by atoms with Crippen LogP contribution >= 0.6 is 11.5 Å². The van der Waals surface area contributed by atoms with E-state index in [0.717, 1.165) is 17.5 Å². The van der Waals surface area contributed by atoms with E-state index in [0.29, 0.717) is 6.04 Å². The van der Waals surface area contributed by atoms with E-state index >= 15 is 0 Å². The number of nitrogens with zero attached hydrogens (tertiary/aromatic N) is 3. The van der Waals surface area contributed by atoms with Crippen molar-refractivity contribution in [1.29, 1.82) is 0 Å². The molecule has 5 heteroatoms. The summed E-state index contributed by atoms with van der Waals surface area (Å²) in [6.45, 7) is 9.45. The highest BCUT2D eigenvalue weighted by Gasteiger charge is 2.19. The monoisotopic (exact) mass is 242 g/mol. The lowest BCUT2D eigenvalue weighted by Crippen LogP contribution is -2.31. The van der Waals surface area contributed by atoms with Crippen molar-refractivity contribution >= 4 is 16.7 Å². The maximum Gasteiger partial charge on any atom is 0.202 e. The van der Waals surface area contributed by atoms with Crippen LogP contribution in [0.15, 0.2) is 0 Å². The van der Waals surface area contributed by atoms with Gasteiger partial charge in [-0.15, -0.1) is 0 Å². The van der Waals surface area contributed by atoms with Crippen LogP contribution in [0.3, 0.4) is 0 Å². The molecule has 1 heterocycles. The van der Waals surface area contributed by atoms with Crippen LogP contribution in [0.5, 0.6) is 0 Å². The largest absolute Gasteiger partial charge is 0.359 e. The Bertz CT molecular complexity index is 327. The zero-order chi connectivity index (χ0) is 12.3. The van der Waals surface area contributed by atoms with E-state index in [1.807, 2.05) is 0 Å². The Balaban J connectivity index is 2.53. The van der Waals surface area contributed by atoms with Crippen LogP contribution in [0.1, 0.15) is 33.5 Å². The summed E-state index contributed by atoms with van der Waals surface area (Å²) in [6.07, 6.45) is 0. The van der Waals surface area contributed by atoms with Crippen molar-refractivity contribution in [2.45, 2.75) is 39.2 Å². The van der Waals surface area contributed by atoms with Crippen molar-refractivity contribution in [2.75, 3.05) is 26.0 Å². The molecule has 0 bridgehead atoms. The van der Waals surface area contributed by atoms with Gasteiger partial charge < -0.3 is 10.2 Å². The van der Waals surface area contributed by atoms with Crippen molar-refractivity contribution in [2.24, 2.45) is 0 Å². The summed E-state index contributed by atoms with van der Waals surface area (Å²) in [6, 6.07) is 0.488. The van der Waals surface area contributed by atoms with Gasteiger partial charge in [-0.3, -0.25) is 0 Å². The first-order valence-corrected chi connectivity index (χ1v) is 6.32. The molecule has 1 rings (SSSR count). The number of anilines is 1. The molecular weight excluding hydrogens is 220 g/mol. The summed E-state index contributed by atoms with van der Waals surface area (Å²) in [5, 5.41) is 4.24. The minimum atomic E-state index is 0.0313. The SMILES string of the molecule is CC(CNc1nc(C(C)(C)C)ns1)N(C)C. The highest BCUT2D eigenvalue weighted by Crippen LogP contribution is 2.22. The highest BCUT2D eigenvalue weighted by molar-refractivity contribution is 7.09. The third-order valence-electron chi connectivity index (χ3n) is 2.53. The van der Waals surface area contributed by atoms with Gasteiger partial charge in [-0.2, -0.15) is 4.37 Å². The molecule has 0 aromatic carbocycles. The molecule has 0 aliphatic heterocycles. The number of nitrogens with one attached hydrogen (secondary N) is 1. The fourth-order valence-electron chi connectivity index (χ4n) is 1.02. The summed E-state index contributed by atoms with van der Waals surface area (Å²) in [5.74, 6) is 0.914. The molecule has 0 fully saturated rings. The molecule has 0 saturated heterocycles. The number of likely N-dealkylation sites (N-methyl/N-ethyl adjacent to an activating group) is 1. The van der Waals surface area contributed by atoms with Crippen molar-refractivity contribution in [3.63, 3.8) is 0 Å². The summed E-state index contributed by atoms with van der Waals surface area (Å²) >= 11 is 1.44. The second kappa shape index (κ2) is 5.10. The molecule has 1 aromatic rings. The maximum absolute atomic E-state index is 4.49. The average Bonchev–Trinajstić information content (AvgIpc) is 2.61. The first-order valence-electron chi connectivity index (χ1n) is 5.55. The first kappa shape index (κ1) is 13.4. The van der Waals surface area contributed by atoms with E-state index in [1.165, 1.54) is 11.5 Å². The fraction of sp³-hybridized carbons (Fsp3) is 0.818. The van der Waals surface area contributed by atoms with Gasteiger partial charge >= 0.3 is 0 Å².